The van der Waals surface area contributed by atoms with Crippen LogP contribution in [-0.2, 0) is 75.9 Å². The van der Waals surface area contributed by atoms with Crippen LogP contribution in [0, 0.1) is 0 Å². The molecule has 0 bridgehead atoms. The molecule has 0 aliphatic rings. The highest BCUT2D eigenvalue weighted by Crippen LogP contribution is 2.50. The van der Waals surface area contributed by atoms with Gasteiger partial charge in [0, 0.05) is 0 Å². The van der Waals surface area contributed by atoms with Gasteiger partial charge in [0.2, 0.25) is 0 Å². The van der Waals surface area contributed by atoms with E-state index in [2.05, 4.69) is 96.1 Å². The van der Waals surface area contributed by atoms with Crippen LogP contribution in [0.3, 0.4) is 0 Å². The monoisotopic (exact) mass is 747 g/mol. The normalized spacial score (nSPS) is 11.8. The Balaban J connectivity index is 1.81. The minimum absolute atomic E-state index is 0.302. The van der Waals surface area contributed by atoms with Crippen LogP contribution in [-0.4, -0.2) is 19.8 Å². The minimum Gasteiger partial charge on any atom is -0.287 e. The van der Waals surface area contributed by atoms with E-state index >= 15 is 0 Å². The molecule has 0 amide bonds. The number of hydrogen-bond donors (Lipinski definition) is 0. The maximum absolute atomic E-state index is 14.5. The fourth-order valence-electron chi connectivity index (χ4n) is 7.51. The van der Waals surface area contributed by atoms with Gasteiger partial charge in [-0.05, 0) is 146 Å². The zero-order valence-corrected chi connectivity index (χ0v) is 35.6. The van der Waals surface area contributed by atoms with Gasteiger partial charge in [-0.15, -0.1) is 0 Å². The molecule has 0 aromatic heterocycles. The van der Waals surface area contributed by atoms with Crippen molar-refractivity contribution in [1.29, 1.82) is 0 Å². The molecule has 3 aromatic rings. The van der Waals surface area contributed by atoms with Crippen molar-refractivity contribution in [2.24, 2.45) is 0 Å². The summed E-state index contributed by atoms with van der Waals surface area (Å²) < 4.78 is 33.2. The number of aryl methyl sites for hydroxylation is 3. The summed E-state index contributed by atoms with van der Waals surface area (Å²) >= 11 is 0. The predicted octanol–water partition coefficient (Wildman–Crippen LogP) is 13.9. The molecule has 0 unspecified atom stereocenters. The van der Waals surface area contributed by atoms with E-state index in [1.54, 1.807) is 0 Å². The Hall–Kier alpha value is -2.23. The standard InChI is InChI=1S/C48H75O4P/c1-7-13-22-40-25-19-28-43(46(40)31-16-10-4)34-37-50-53(49,51-38-35-44-29-20-26-41(23-14-8-2)47(44)32-17-11-5)52-39-36-45-30-21-27-42(24-15-9-3)48(45)33-18-12-6/h19-21,25-30H,7-18,22-24,31-39H2,1-6H3. The number of phosphoric acid groups is 1. The number of benzene rings is 3. The highest BCUT2D eigenvalue weighted by Gasteiger charge is 2.27. The molecule has 4 nitrogen and oxygen atoms in total. The number of unbranched alkanes of at least 4 members (excludes halogenated alkanes) is 6. The van der Waals surface area contributed by atoms with Crippen molar-refractivity contribution < 1.29 is 18.1 Å². The second kappa shape index (κ2) is 26.6. The van der Waals surface area contributed by atoms with Crippen molar-refractivity contribution in [1.82, 2.24) is 0 Å². The molecule has 0 N–H and O–H groups in total. The van der Waals surface area contributed by atoms with Crippen LogP contribution >= 0.6 is 7.82 Å². The average molecular weight is 747 g/mol. The summed E-state index contributed by atoms with van der Waals surface area (Å²) in [6.45, 7) is 14.4. The Morgan fingerprint density at radius 2 is 0.585 bits per heavy atom. The topological polar surface area (TPSA) is 44.8 Å². The lowest BCUT2D eigenvalue weighted by atomic mass is 9.92. The van der Waals surface area contributed by atoms with Gasteiger partial charge in [0.25, 0.3) is 0 Å². The Labute approximate surface area is 325 Å². The molecule has 0 aliphatic carbocycles. The van der Waals surface area contributed by atoms with E-state index in [4.69, 9.17) is 13.6 Å². The summed E-state index contributed by atoms with van der Waals surface area (Å²) in [4.78, 5) is 0. The van der Waals surface area contributed by atoms with E-state index in [1.165, 1.54) is 108 Å². The van der Waals surface area contributed by atoms with Crippen molar-refractivity contribution in [2.75, 3.05) is 19.8 Å². The molecular formula is C48H75O4P. The zero-order chi connectivity index (χ0) is 38.2. The molecule has 0 radical (unpaired) electrons. The molecule has 0 saturated heterocycles. The van der Waals surface area contributed by atoms with Gasteiger partial charge in [-0.2, -0.15) is 0 Å². The Morgan fingerprint density at radius 3 is 0.830 bits per heavy atom. The van der Waals surface area contributed by atoms with Gasteiger partial charge in [-0.25, -0.2) is 4.57 Å². The third-order valence-electron chi connectivity index (χ3n) is 10.7. The molecule has 0 saturated carbocycles. The van der Waals surface area contributed by atoms with Crippen LogP contribution in [0.15, 0.2) is 54.6 Å². The summed E-state index contributed by atoms with van der Waals surface area (Å²) in [6, 6.07) is 20.1. The first-order valence-electron chi connectivity index (χ1n) is 21.8. The number of rotatable bonds is 30. The van der Waals surface area contributed by atoms with Crippen LogP contribution in [0.4, 0.5) is 0 Å². The van der Waals surface area contributed by atoms with E-state index in [-0.39, 0.29) is 0 Å². The van der Waals surface area contributed by atoms with Crippen molar-refractivity contribution in [2.45, 2.75) is 176 Å². The third-order valence-corrected chi connectivity index (χ3v) is 12.2. The van der Waals surface area contributed by atoms with Crippen molar-refractivity contribution >= 4 is 7.82 Å². The zero-order valence-electron chi connectivity index (χ0n) is 34.7. The lowest BCUT2D eigenvalue weighted by Crippen LogP contribution is -2.10. The van der Waals surface area contributed by atoms with Crippen molar-refractivity contribution in [3.05, 3.63) is 105 Å². The molecule has 0 fully saturated rings. The first-order valence-corrected chi connectivity index (χ1v) is 23.2. The molecule has 53 heavy (non-hydrogen) atoms. The van der Waals surface area contributed by atoms with Gasteiger partial charge in [0.15, 0.2) is 0 Å². The van der Waals surface area contributed by atoms with Gasteiger partial charge < -0.3 is 0 Å². The summed E-state index contributed by atoms with van der Waals surface area (Å²) in [5.41, 5.74) is 12.6. The molecular weight excluding hydrogens is 671 g/mol. The maximum atomic E-state index is 14.5. The molecule has 3 rings (SSSR count). The third kappa shape index (κ3) is 15.8. The van der Waals surface area contributed by atoms with Gasteiger partial charge in [0.1, 0.15) is 0 Å². The van der Waals surface area contributed by atoms with Crippen LogP contribution in [0.25, 0.3) is 0 Å². The molecule has 0 aliphatic heterocycles. The second-order valence-electron chi connectivity index (χ2n) is 15.0. The molecule has 0 heterocycles. The van der Waals surface area contributed by atoms with Gasteiger partial charge in [-0.1, -0.05) is 135 Å². The summed E-state index contributed by atoms with van der Waals surface area (Å²) in [7, 11) is -3.83. The number of hydrogen-bond acceptors (Lipinski definition) is 4. The largest absolute Gasteiger partial charge is 0.474 e. The van der Waals surface area contributed by atoms with Gasteiger partial charge >= 0.3 is 7.82 Å². The first-order chi connectivity index (χ1) is 25.9. The smallest absolute Gasteiger partial charge is 0.287 e. The van der Waals surface area contributed by atoms with Crippen LogP contribution in [0.1, 0.15) is 169 Å². The van der Waals surface area contributed by atoms with Crippen molar-refractivity contribution in [3.63, 3.8) is 0 Å². The van der Waals surface area contributed by atoms with E-state index in [9.17, 15) is 4.57 Å². The van der Waals surface area contributed by atoms with E-state index in [1.807, 2.05) is 0 Å². The van der Waals surface area contributed by atoms with Crippen LogP contribution in [0.2, 0.25) is 0 Å². The summed E-state index contributed by atoms with van der Waals surface area (Å²) in [5, 5.41) is 0. The Morgan fingerprint density at radius 1 is 0.358 bits per heavy atom. The fraction of sp³-hybridized carbons (Fsp3) is 0.625. The SMILES string of the molecule is CCCCc1cccc(CCOP(=O)(OCCc2cccc(CCCC)c2CCCC)OCCc2cccc(CCCC)c2CCCC)c1CCCC. The Kier molecular flexibility index (Phi) is 22.6. The highest BCUT2D eigenvalue weighted by atomic mass is 31.2. The lowest BCUT2D eigenvalue weighted by Gasteiger charge is -2.21. The average Bonchev–Trinajstić information content (AvgIpc) is 3.17. The van der Waals surface area contributed by atoms with E-state index in [0.29, 0.717) is 39.1 Å². The number of phosphoric ester groups is 1. The predicted molar refractivity (Wildman–Crippen MR) is 228 cm³/mol. The van der Waals surface area contributed by atoms with E-state index in [0.717, 1.165) is 57.8 Å². The molecule has 5 heteroatoms. The quantitative estimate of drug-likeness (QED) is 0.0637. The maximum Gasteiger partial charge on any atom is 0.474 e. The highest BCUT2D eigenvalue weighted by molar-refractivity contribution is 7.48. The van der Waals surface area contributed by atoms with Crippen molar-refractivity contribution in [3.8, 4) is 0 Å². The van der Waals surface area contributed by atoms with Crippen LogP contribution < -0.4 is 0 Å². The Bertz CT molecular complexity index is 1310. The van der Waals surface area contributed by atoms with Gasteiger partial charge in [-0.3, -0.25) is 13.6 Å². The molecule has 0 atom stereocenters. The second-order valence-corrected chi connectivity index (χ2v) is 16.7. The molecule has 0 spiro atoms. The van der Waals surface area contributed by atoms with E-state index < -0.39 is 7.82 Å². The summed E-state index contributed by atoms with van der Waals surface area (Å²) in [6.07, 6.45) is 22.8. The molecule has 3 aromatic carbocycles. The fourth-order valence-corrected chi connectivity index (χ4v) is 8.68. The molecule has 296 valence electrons. The minimum atomic E-state index is -3.83. The summed E-state index contributed by atoms with van der Waals surface area (Å²) in [5.74, 6) is 0. The van der Waals surface area contributed by atoms with Gasteiger partial charge in [0.05, 0.1) is 19.8 Å². The first kappa shape index (κ1) is 45.2. The van der Waals surface area contributed by atoms with Crippen LogP contribution in [0.5, 0.6) is 0 Å². The lowest BCUT2D eigenvalue weighted by molar-refractivity contribution is 0.115.